The molecule has 0 saturated heterocycles. The predicted molar refractivity (Wildman–Crippen MR) is 70.8 cm³/mol. The topological polar surface area (TPSA) is 17.1 Å². The van der Waals surface area contributed by atoms with Crippen LogP contribution in [0.15, 0.2) is 35.7 Å². The zero-order valence-electron chi connectivity index (χ0n) is 9.61. The third-order valence-corrected chi connectivity index (χ3v) is 4.22. The van der Waals surface area contributed by atoms with E-state index in [1.54, 1.807) is 0 Å². The van der Waals surface area contributed by atoms with Crippen molar-refractivity contribution in [1.29, 1.82) is 0 Å². The smallest absolute Gasteiger partial charge is 0.202 e. The summed E-state index contributed by atoms with van der Waals surface area (Å²) >= 11 is 1.51. The van der Waals surface area contributed by atoms with Gasteiger partial charge in [-0.3, -0.25) is 4.79 Å². The summed E-state index contributed by atoms with van der Waals surface area (Å²) in [6.45, 7) is 0. The second-order valence-electron chi connectivity index (χ2n) is 4.50. The fourth-order valence-electron chi connectivity index (χ4n) is 2.42. The van der Waals surface area contributed by atoms with Crippen LogP contribution >= 0.6 is 11.3 Å². The number of hydrogen-bond acceptors (Lipinski definition) is 2. The molecule has 1 aromatic carbocycles. The number of rotatable bonds is 2. The van der Waals surface area contributed by atoms with Crippen molar-refractivity contribution in [2.24, 2.45) is 0 Å². The molecule has 0 radical (unpaired) electrons. The molecule has 0 aliphatic heterocycles. The molecular formula is C15H14OS. The summed E-state index contributed by atoms with van der Waals surface area (Å²) in [5.41, 5.74) is 3.64. The van der Waals surface area contributed by atoms with Crippen molar-refractivity contribution in [1.82, 2.24) is 0 Å². The molecule has 2 aromatic rings. The van der Waals surface area contributed by atoms with E-state index in [0.29, 0.717) is 0 Å². The van der Waals surface area contributed by atoms with Crippen LogP contribution in [0.25, 0.3) is 0 Å². The molecule has 0 saturated carbocycles. The van der Waals surface area contributed by atoms with Crippen LogP contribution in [0.1, 0.15) is 39.2 Å². The number of carbonyl (C=O) groups is 1. The number of fused-ring (bicyclic) bond motifs is 1. The molecule has 0 fully saturated rings. The molecule has 1 heterocycles. The SMILES string of the molecule is O=C(c1ccc2c(c1)CCCC2)c1cccs1. The minimum Gasteiger partial charge on any atom is -0.288 e. The van der Waals surface area contributed by atoms with Crippen LogP contribution in [0.2, 0.25) is 0 Å². The van der Waals surface area contributed by atoms with Crippen LogP contribution in [0.5, 0.6) is 0 Å². The van der Waals surface area contributed by atoms with E-state index < -0.39 is 0 Å². The fraction of sp³-hybridized carbons (Fsp3) is 0.267. The van der Waals surface area contributed by atoms with Crippen LogP contribution in [0.4, 0.5) is 0 Å². The van der Waals surface area contributed by atoms with Crippen molar-refractivity contribution in [3.05, 3.63) is 57.3 Å². The van der Waals surface area contributed by atoms with E-state index in [4.69, 9.17) is 0 Å². The van der Waals surface area contributed by atoms with Crippen LogP contribution < -0.4 is 0 Å². The first kappa shape index (κ1) is 10.7. The summed E-state index contributed by atoms with van der Waals surface area (Å²) in [5.74, 6) is 0.161. The monoisotopic (exact) mass is 242 g/mol. The Bertz CT molecular complexity index is 540. The molecule has 0 unspecified atom stereocenters. The molecule has 3 rings (SSSR count). The van der Waals surface area contributed by atoms with Crippen molar-refractivity contribution in [2.75, 3.05) is 0 Å². The minimum atomic E-state index is 0.161. The maximum Gasteiger partial charge on any atom is 0.202 e. The first-order valence-corrected chi connectivity index (χ1v) is 6.92. The van der Waals surface area contributed by atoms with Crippen molar-refractivity contribution < 1.29 is 4.79 Å². The predicted octanol–water partition coefficient (Wildman–Crippen LogP) is 3.86. The van der Waals surface area contributed by atoms with Gasteiger partial charge >= 0.3 is 0 Å². The number of ketones is 1. The number of aryl methyl sites for hydroxylation is 2. The highest BCUT2D eigenvalue weighted by atomic mass is 32.1. The van der Waals surface area contributed by atoms with Gasteiger partial charge in [0.1, 0.15) is 0 Å². The number of thiophene rings is 1. The van der Waals surface area contributed by atoms with Gasteiger partial charge in [-0.05, 0) is 54.3 Å². The zero-order valence-corrected chi connectivity index (χ0v) is 10.4. The van der Waals surface area contributed by atoms with Crippen LogP contribution in [0.3, 0.4) is 0 Å². The zero-order chi connectivity index (χ0) is 11.7. The van der Waals surface area contributed by atoms with Gasteiger partial charge in [-0.1, -0.05) is 18.2 Å². The van der Waals surface area contributed by atoms with E-state index in [0.717, 1.165) is 16.9 Å². The lowest BCUT2D eigenvalue weighted by Gasteiger charge is -2.16. The van der Waals surface area contributed by atoms with Crippen LogP contribution in [-0.4, -0.2) is 5.78 Å². The van der Waals surface area contributed by atoms with E-state index >= 15 is 0 Å². The first-order valence-electron chi connectivity index (χ1n) is 6.04. The lowest BCUT2D eigenvalue weighted by Crippen LogP contribution is -2.06. The third-order valence-electron chi connectivity index (χ3n) is 3.36. The molecular weight excluding hydrogens is 228 g/mol. The molecule has 2 heteroatoms. The van der Waals surface area contributed by atoms with E-state index in [9.17, 15) is 4.79 Å². The van der Waals surface area contributed by atoms with Crippen LogP contribution in [-0.2, 0) is 12.8 Å². The lowest BCUT2D eigenvalue weighted by molar-refractivity contribution is 0.104. The number of benzene rings is 1. The average Bonchev–Trinajstić information content (AvgIpc) is 2.91. The average molecular weight is 242 g/mol. The fourth-order valence-corrected chi connectivity index (χ4v) is 3.11. The standard InChI is InChI=1S/C15H14OS/c16-15(14-6-3-9-17-14)13-8-7-11-4-1-2-5-12(11)10-13/h3,6-10H,1-2,4-5H2. The van der Waals surface area contributed by atoms with Crippen molar-refractivity contribution in [3.63, 3.8) is 0 Å². The van der Waals surface area contributed by atoms with E-state index in [2.05, 4.69) is 12.1 Å². The molecule has 1 aliphatic carbocycles. The van der Waals surface area contributed by atoms with E-state index in [1.807, 2.05) is 23.6 Å². The Balaban J connectivity index is 1.96. The summed E-state index contributed by atoms with van der Waals surface area (Å²) in [7, 11) is 0. The summed E-state index contributed by atoms with van der Waals surface area (Å²) in [6.07, 6.45) is 4.83. The molecule has 0 spiro atoms. The molecule has 1 aliphatic rings. The van der Waals surface area contributed by atoms with Gasteiger partial charge in [0, 0.05) is 5.56 Å². The normalized spacial score (nSPS) is 14.4. The van der Waals surface area contributed by atoms with Crippen molar-refractivity contribution in [2.45, 2.75) is 25.7 Å². The summed E-state index contributed by atoms with van der Waals surface area (Å²) < 4.78 is 0. The number of hydrogen-bond donors (Lipinski definition) is 0. The van der Waals surface area contributed by atoms with Gasteiger partial charge in [-0.2, -0.15) is 0 Å². The quantitative estimate of drug-likeness (QED) is 0.731. The van der Waals surface area contributed by atoms with E-state index in [-0.39, 0.29) is 5.78 Å². The highest BCUT2D eigenvalue weighted by molar-refractivity contribution is 7.12. The van der Waals surface area contributed by atoms with Crippen molar-refractivity contribution >= 4 is 17.1 Å². The van der Waals surface area contributed by atoms with Gasteiger partial charge in [0.05, 0.1) is 4.88 Å². The van der Waals surface area contributed by atoms with Gasteiger partial charge in [0.15, 0.2) is 0 Å². The maximum absolute atomic E-state index is 12.2. The third kappa shape index (κ3) is 2.05. The van der Waals surface area contributed by atoms with Crippen molar-refractivity contribution in [3.8, 4) is 0 Å². The largest absolute Gasteiger partial charge is 0.288 e. The van der Waals surface area contributed by atoms with Gasteiger partial charge < -0.3 is 0 Å². The molecule has 1 aromatic heterocycles. The Hall–Kier alpha value is -1.41. The summed E-state index contributed by atoms with van der Waals surface area (Å²) in [6, 6.07) is 10.0. The van der Waals surface area contributed by atoms with Gasteiger partial charge in [-0.25, -0.2) is 0 Å². The molecule has 0 N–H and O–H groups in total. The molecule has 1 nitrogen and oxygen atoms in total. The highest BCUT2D eigenvalue weighted by Gasteiger charge is 2.14. The molecule has 0 atom stereocenters. The highest BCUT2D eigenvalue weighted by Crippen LogP contribution is 2.24. The Morgan fingerprint density at radius 2 is 1.88 bits per heavy atom. The minimum absolute atomic E-state index is 0.161. The Morgan fingerprint density at radius 3 is 2.65 bits per heavy atom. The van der Waals surface area contributed by atoms with Crippen LogP contribution in [0, 0.1) is 0 Å². The number of carbonyl (C=O) groups excluding carboxylic acids is 1. The second-order valence-corrected chi connectivity index (χ2v) is 5.44. The summed E-state index contributed by atoms with van der Waals surface area (Å²) in [4.78, 5) is 13.0. The van der Waals surface area contributed by atoms with Gasteiger partial charge in [0.2, 0.25) is 5.78 Å². The molecule has 0 amide bonds. The second kappa shape index (κ2) is 4.46. The van der Waals surface area contributed by atoms with E-state index in [1.165, 1.54) is 41.7 Å². The molecule has 17 heavy (non-hydrogen) atoms. The lowest BCUT2D eigenvalue weighted by atomic mass is 9.89. The maximum atomic E-state index is 12.2. The molecule has 86 valence electrons. The Morgan fingerprint density at radius 1 is 1.06 bits per heavy atom. The van der Waals surface area contributed by atoms with Gasteiger partial charge in [0.25, 0.3) is 0 Å². The first-order chi connectivity index (χ1) is 8.34. The van der Waals surface area contributed by atoms with Gasteiger partial charge in [-0.15, -0.1) is 11.3 Å². The summed E-state index contributed by atoms with van der Waals surface area (Å²) in [5, 5.41) is 1.95. The Labute approximate surface area is 105 Å². The molecule has 0 bridgehead atoms. The Kier molecular flexibility index (Phi) is 2.81.